The minimum Gasteiger partial charge on any atom is -0.426 e. The van der Waals surface area contributed by atoms with Crippen molar-refractivity contribution in [3.05, 3.63) is 29.3 Å². The summed E-state index contributed by atoms with van der Waals surface area (Å²) in [7, 11) is 0. The van der Waals surface area contributed by atoms with E-state index in [0.29, 0.717) is 5.75 Å². The summed E-state index contributed by atoms with van der Waals surface area (Å²) >= 11 is 0. The van der Waals surface area contributed by atoms with Crippen molar-refractivity contribution < 1.29 is 14.6 Å². The van der Waals surface area contributed by atoms with Crippen LogP contribution in [0.15, 0.2) is 18.2 Å². The molecule has 0 fully saturated rings. The highest BCUT2D eigenvalue weighted by molar-refractivity contribution is 5.76. The van der Waals surface area contributed by atoms with E-state index in [2.05, 4.69) is 0 Å². The molecule has 3 heteroatoms. The average molecular weight is 264 g/mol. The molecule has 0 unspecified atom stereocenters. The summed E-state index contributed by atoms with van der Waals surface area (Å²) in [5, 5.41) is 10.1. The van der Waals surface area contributed by atoms with E-state index in [1.54, 1.807) is 6.92 Å². The number of para-hydroxylation sites is 1. The molecule has 0 spiro atoms. The number of rotatable bonds is 3. The van der Waals surface area contributed by atoms with Crippen molar-refractivity contribution >= 4 is 5.97 Å². The minimum atomic E-state index is -0.732. The fraction of sp³-hybridized carbons (Fsp3) is 0.562. The lowest BCUT2D eigenvalue weighted by molar-refractivity contribution is -0.145. The van der Waals surface area contributed by atoms with Crippen LogP contribution in [0.4, 0.5) is 0 Å². The molecule has 0 bridgehead atoms. The third kappa shape index (κ3) is 3.80. The van der Waals surface area contributed by atoms with E-state index in [-0.39, 0.29) is 11.4 Å². The van der Waals surface area contributed by atoms with Crippen LogP contribution in [0.1, 0.15) is 38.8 Å². The Morgan fingerprint density at radius 3 is 2.11 bits per heavy atom. The van der Waals surface area contributed by atoms with Gasteiger partial charge in [-0.25, -0.2) is 0 Å². The molecule has 0 aromatic heterocycles. The van der Waals surface area contributed by atoms with Crippen molar-refractivity contribution in [2.45, 2.75) is 47.6 Å². The van der Waals surface area contributed by atoms with E-state index in [0.717, 1.165) is 11.1 Å². The topological polar surface area (TPSA) is 46.5 Å². The van der Waals surface area contributed by atoms with E-state index < -0.39 is 12.0 Å². The second-order valence-corrected chi connectivity index (χ2v) is 6.24. The number of aliphatic hydroxyl groups is 1. The molecule has 1 aromatic rings. The molecular weight excluding hydrogens is 240 g/mol. The van der Waals surface area contributed by atoms with Gasteiger partial charge in [0.1, 0.15) is 5.75 Å². The van der Waals surface area contributed by atoms with Crippen LogP contribution < -0.4 is 4.74 Å². The minimum absolute atomic E-state index is 0.348. The van der Waals surface area contributed by atoms with E-state index in [1.165, 1.54) is 0 Å². The lowest BCUT2D eigenvalue weighted by Gasteiger charge is -2.29. The van der Waals surface area contributed by atoms with Gasteiger partial charge in [-0.05, 0) is 37.3 Å². The fourth-order valence-electron chi connectivity index (χ4n) is 2.03. The summed E-state index contributed by atoms with van der Waals surface area (Å²) in [4.78, 5) is 12.1. The van der Waals surface area contributed by atoms with Gasteiger partial charge in [-0.15, -0.1) is 0 Å². The van der Waals surface area contributed by atoms with Gasteiger partial charge in [-0.2, -0.15) is 0 Å². The zero-order valence-electron chi connectivity index (χ0n) is 12.7. The molecule has 1 aromatic carbocycles. The molecule has 0 heterocycles. The van der Waals surface area contributed by atoms with Gasteiger partial charge in [0.2, 0.25) is 0 Å². The SMILES string of the molecule is Cc1cccc(C)c1OC(=O)[C@H](C)[C@H](O)C(C)(C)C. The quantitative estimate of drug-likeness (QED) is 0.673. The van der Waals surface area contributed by atoms with Gasteiger partial charge in [0.05, 0.1) is 12.0 Å². The number of esters is 1. The van der Waals surface area contributed by atoms with Crippen molar-refractivity contribution in [1.82, 2.24) is 0 Å². The zero-order valence-corrected chi connectivity index (χ0v) is 12.7. The van der Waals surface area contributed by atoms with Crippen LogP contribution in [0.2, 0.25) is 0 Å². The van der Waals surface area contributed by atoms with Gasteiger partial charge in [0.25, 0.3) is 0 Å². The van der Waals surface area contributed by atoms with Crippen molar-refractivity contribution in [1.29, 1.82) is 0 Å². The smallest absolute Gasteiger partial charge is 0.316 e. The maximum Gasteiger partial charge on any atom is 0.316 e. The summed E-state index contributed by atoms with van der Waals surface area (Å²) in [5.74, 6) is -0.348. The van der Waals surface area contributed by atoms with Gasteiger partial charge in [0, 0.05) is 0 Å². The molecule has 0 saturated carbocycles. The van der Waals surface area contributed by atoms with Crippen LogP contribution in [0, 0.1) is 25.2 Å². The van der Waals surface area contributed by atoms with Crippen molar-refractivity contribution in [2.75, 3.05) is 0 Å². The molecule has 0 aliphatic heterocycles. The lowest BCUT2D eigenvalue weighted by Crippen LogP contribution is -2.38. The Labute approximate surface area is 115 Å². The highest BCUT2D eigenvalue weighted by atomic mass is 16.5. The van der Waals surface area contributed by atoms with Gasteiger partial charge >= 0.3 is 5.97 Å². The largest absolute Gasteiger partial charge is 0.426 e. The first kappa shape index (κ1) is 15.7. The number of aliphatic hydroxyl groups excluding tert-OH is 1. The number of hydrogen-bond acceptors (Lipinski definition) is 3. The van der Waals surface area contributed by atoms with E-state index in [9.17, 15) is 9.90 Å². The molecule has 2 atom stereocenters. The van der Waals surface area contributed by atoms with Gasteiger partial charge in [0.15, 0.2) is 0 Å². The number of hydrogen-bond donors (Lipinski definition) is 1. The Bertz CT molecular complexity index is 437. The van der Waals surface area contributed by atoms with E-state index >= 15 is 0 Å². The van der Waals surface area contributed by atoms with Crippen molar-refractivity contribution in [2.24, 2.45) is 11.3 Å². The number of carbonyl (C=O) groups excluding carboxylic acids is 1. The first-order valence-corrected chi connectivity index (χ1v) is 6.60. The molecule has 0 amide bonds. The monoisotopic (exact) mass is 264 g/mol. The van der Waals surface area contributed by atoms with Crippen LogP contribution in [-0.2, 0) is 4.79 Å². The summed E-state index contributed by atoms with van der Waals surface area (Å²) in [6.07, 6.45) is -0.732. The second-order valence-electron chi connectivity index (χ2n) is 6.24. The molecule has 0 radical (unpaired) electrons. The van der Waals surface area contributed by atoms with Gasteiger partial charge in [-0.3, -0.25) is 4.79 Å². The van der Waals surface area contributed by atoms with Crippen LogP contribution in [-0.4, -0.2) is 17.2 Å². The van der Waals surface area contributed by atoms with Crippen LogP contribution >= 0.6 is 0 Å². The third-order valence-electron chi connectivity index (χ3n) is 3.34. The fourth-order valence-corrected chi connectivity index (χ4v) is 2.03. The predicted octanol–water partition coefficient (Wildman–Crippen LogP) is 3.25. The maximum absolute atomic E-state index is 12.1. The standard InChI is InChI=1S/C16H24O3/c1-10-8-7-9-11(2)13(10)19-15(18)12(3)14(17)16(4,5)6/h7-9,12,14,17H,1-6H3/t12-,14+/m1/s1. The first-order valence-electron chi connectivity index (χ1n) is 6.60. The molecule has 0 aliphatic rings. The lowest BCUT2D eigenvalue weighted by atomic mass is 9.82. The molecule has 1 rings (SSSR count). The van der Waals surface area contributed by atoms with E-state index in [4.69, 9.17) is 4.74 Å². The van der Waals surface area contributed by atoms with Crippen molar-refractivity contribution in [3.63, 3.8) is 0 Å². The Balaban J connectivity index is 2.86. The highest BCUT2D eigenvalue weighted by Gasteiger charge is 2.33. The summed E-state index contributed by atoms with van der Waals surface area (Å²) < 4.78 is 5.46. The molecule has 106 valence electrons. The maximum atomic E-state index is 12.1. The molecule has 1 N–H and O–H groups in total. The molecular formula is C16H24O3. The average Bonchev–Trinajstić information content (AvgIpc) is 2.30. The Hall–Kier alpha value is -1.35. The van der Waals surface area contributed by atoms with Crippen LogP contribution in [0.5, 0.6) is 5.75 Å². The number of carbonyl (C=O) groups is 1. The summed E-state index contributed by atoms with van der Waals surface area (Å²) in [6, 6.07) is 5.73. The summed E-state index contributed by atoms with van der Waals surface area (Å²) in [6.45, 7) is 11.2. The Morgan fingerprint density at radius 1 is 1.21 bits per heavy atom. The Kier molecular flexibility index (Phi) is 4.75. The third-order valence-corrected chi connectivity index (χ3v) is 3.34. The normalized spacial score (nSPS) is 14.9. The molecule has 19 heavy (non-hydrogen) atoms. The van der Waals surface area contributed by atoms with Crippen LogP contribution in [0.3, 0.4) is 0 Å². The molecule has 0 saturated heterocycles. The second kappa shape index (κ2) is 5.74. The molecule has 0 aliphatic carbocycles. The number of aryl methyl sites for hydroxylation is 2. The van der Waals surface area contributed by atoms with Gasteiger partial charge in [-0.1, -0.05) is 39.0 Å². The number of ether oxygens (including phenoxy) is 1. The molecule has 3 nitrogen and oxygen atoms in total. The van der Waals surface area contributed by atoms with Gasteiger partial charge < -0.3 is 9.84 Å². The van der Waals surface area contributed by atoms with Crippen LogP contribution in [0.25, 0.3) is 0 Å². The van der Waals surface area contributed by atoms with E-state index in [1.807, 2.05) is 52.8 Å². The number of benzene rings is 1. The predicted molar refractivity (Wildman–Crippen MR) is 76.2 cm³/mol. The zero-order chi connectivity index (χ0) is 14.8. The first-order chi connectivity index (χ1) is 8.64. The van der Waals surface area contributed by atoms with Crippen molar-refractivity contribution in [3.8, 4) is 5.75 Å². The Morgan fingerprint density at radius 2 is 1.68 bits per heavy atom. The highest BCUT2D eigenvalue weighted by Crippen LogP contribution is 2.28. The summed E-state index contributed by atoms with van der Waals surface area (Å²) in [5.41, 5.74) is 1.50.